The van der Waals surface area contributed by atoms with E-state index in [4.69, 9.17) is 9.47 Å². The maximum atomic E-state index is 13.2. The number of benzene rings is 1. The summed E-state index contributed by atoms with van der Waals surface area (Å²) in [6.45, 7) is 10.7. The first kappa shape index (κ1) is 27.6. The summed E-state index contributed by atoms with van der Waals surface area (Å²) in [5.74, 6) is 0.785. The van der Waals surface area contributed by atoms with Gasteiger partial charge in [0.2, 0.25) is 11.9 Å². The van der Waals surface area contributed by atoms with E-state index in [2.05, 4.69) is 19.8 Å². The topological polar surface area (TPSA) is 112 Å². The Morgan fingerprint density at radius 1 is 0.975 bits per heavy atom. The minimum absolute atomic E-state index is 0.178. The van der Waals surface area contributed by atoms with Gasteiger partial charge in [-0.1, -0.05) is 12.1 Å². The second-order valence-electron chi connectivity index (χ2n) is 11.3. The predicted molar refractivity (Wildman–Crippen MR) is 148 cm³/mol. The van der Waals surface area contributed by atoms with E-state index in [0.717, 1.165) is 37.4 Å². The fourth-order valence-electron chi connectivity index (χ4n) is 5.06. The maximum Gasteiger partial charge on any atom is 0.410 e. The molecule has 0 aliphatic carbocycles. The summed E-state index contributed by atoms with van der Waals surface area (Å²) in [7, 11) is 1.59. The van der Waals surface area contributed by atoms with Crippen molar-refractivity contribution in [1.82, 2.24) is 24.7 Å². The number of aromatic nitrogens is 2. The number of imide groups is 1. The Hall–Kier alpha value is -3.93. The highest BCUT2D eigenvalue weighted by atomic mass is 16.6. The lowest BCUT2D eigenvalue weighted by molar-refractivity contribution is -0.129. The van der Waals surface area contributed by atoms with Gasteiger partial charge in [-0.3, -0.25) is 19.5 Å². The van der Waals surface area contributed by atoms with E-state index >= 15 is 0 Å². The van der Waals surface area contributed by atoms with Crippen LogP contribution in [-0.2, 0) is 16.1 Å². The monoisotopic (exact) mass is 551 g/mol. The number of piperazine rings is 1. The molecule has 12 nitrogen and oxygen atoms in total. The van der Waals surface area contributed by atoms with Crippen LogP contribution in [0.25, 0.3) is 0 Å². The minimum Gasteiger partial charge on any atom is -0.497 e. The molecule has 0 atom stereocenters. The molecule has 40 heavy (non-hydrogen) atoms. The van der Waals surface area contributed by atoms with Crippen LogP contribution in [-0.4, -0.2) is 107 Å². The summed E-state index contributed by atoms with van der Waals surface area (Å²) in [6, 6.07) is 7.27. The molecule has 12 heteroatoms. The quantitative estimate of drug-likeness (QED) is 0.535. The first-order valence-electron chi connectivity index (χ1n) is 13.6. The van der Waals surface area contributed by atoms with Gasteiger partial charge in [0, 0.05) is 58.3 Å². The van der Waals surface area contributed by atoms with E-state index in [9.17, 15) is 14.4 Å². The summed E-state index contributed by atoms with van der Waals surface area (Å²) in [4.78, 5) is 56.1. The van der Waals surface area contributed by atoms with Gasteiger partial charge >= 0.3 is 12.1 Å². The van der Waals surface area contributed by atoms with Gasteiger partial charge in [-0.05, 0) is 38.5 Å². The molecule has 0 saturated carbocycles. The van der Waals surface area contributed by atoms with E-state index in [1.165, 1.54) is 9.80 Å². The number of amides is 4. The number of nitrogens with zero attached hydrogens (tertiary/aromatic N) is 7. The first-order valence-corrected chi connectivity index (χ1v) is 13.6. The number of anilines is 2. The molecule has 0 bridgehead atoms. The molecule has 3 aliphatic rings. The molecule has 3 fully saturated rings. The van der Waals surface area contributed by atoms with Gasteiger partial charge in [-0.2, -0.15) is 0 Å². The van der Waals surface area contributed by atoms with Crippen molar-refractivity contribution in [2.24, 2.45) is 0 Å². The average molecular weight is 552 g/mol. The van der Waals surface area contributed by atoms with Crippen molar-refractivity contribution >= 4 is 29.7 Å². The average Bonchev–Trinajstić information content (AvgIpc) is 2.90. The SMILES string of the molecule is COc1ccc(CN2C(=O)CCN(c3ncc(N4CC(N5CCN(C(=O)OC(C)(C)C)CC5)C4)cn3)C2=O)cc1. The molecule has 2 aromatic rings. The molecule has 1 aromatic carbocycles. The number of carbonyl (C=O) groups excluding carboxylic acids is 3. The number of ether oxygens (including phenoxy) is 2. The van der Waals surface area contributed by atoms with Crippen molar-refractivity contribution in [2.75, 3.05) is 62.7 Å². The number of methoxy groups -OCH3 is 1. The third-order valence-electron chi connectivity index (χ3n) is 7.39. The van der Waals surface area contributed by atoms with E-state index in [0.29, 0.717) is 24.9 Å². The zero-order valence-electron chi connectivity index (χ0n) is 23.6. The lowest BCUT2D eigenvalue weighted by atomic mass is 10.1. The summed E-state index contributed by atoms with van der Waals surface area (Å²) in [5.41, 5.74) is 1.23. The Morgan fingerprint density at radius 2 is 1.62 bits per heavy atom. The number of urea groups is 1. The molecule has 3 aliphatic heterocycles. The second-order valence-corrected chi connectivity index (χ2v) is 11.3. The van der Waals surface area contributed by atoms with E-state index in [1.807, 2.05) is 32.9 Å². The van der Waals surface area contributed by atoms with Crippen LogP contribution in [0.1, 0.15) is 32.8 Å². The third kappa shape index (κ3) is 6.11. The maximum absolute atomic E-state index is 13.2. The van der Waals surface area contributed by atoms with Gasteiger partial charge in [0.1, 0.15) is 11.4 Å². The van der Waals surface area contributed by atoms with Crippen molar-refractivity contribution in [3.63, 3.8) is 0 Å². The van der Waals surface area contributed by atoms with Gasteiger partial charge in [0.25, 0.3) is 0 Å². The van der Waals surface area contributed by atoms with Crippen LogP contribution in [0.4, 0.5) is 21.2 Å². The van der Waals surface area contributed by atoms with E-state index in [-0.39, 0.29) is 37.5 Å². The Balaban J connectivity index is 1.12. The summed E-state index contributed by atoms with van der Waals surface area (Å²) in [6.07, 6.45) is 3.43. The zero-order valence-corrected chi connectivity index (χ0v) is 23.6. The Labute approximate surface area is 234 Å². The van der Waals surface area contributed by atoms with Crippen molar-refractivity contribution in [2.45, 2.75) is 45.4 Å². The van der Waals surface area contributed by atoms with Crippen LogP contribution in [0, 0.1) is 0 Å². The van der Waals surface area contributed by atoms with Gasteiger partial charge < -0.3 is 19.3 Å². The normalized spacial score (nSPS) is 19.1. The molecule has 5 rings (SSSR count). The van der Waals surface area contributed by atoms with Gasteiger partial charge in [-0.25, -0.2) is 19.6 Å². The molecule has 0 N–H and O–H groups in total. The number of rotatable bonds is 6. The lowest BCUT2D eigenvalue weighted by Crippen LogP contribution is -2.63. The minimum atomic E-state index is -0.490. The van der Waals surface area contributed by atoms with E-state index < -0.39 is 11.6 Å². The van der Waals surface area contributed by atoms with Crippen LogP contribution in [0.3, 0.4) is 0 Å². The van der Waals surface area contributed by atoms with Crippen LogP contribution in [0.5, 0.6) is 5.75 Å². The van der Waals surface area contributed by atoms with Crippen LogP contribution in [0.2, 0.25) is 0 Å². The molecule has 0 radical (unpaired) electrons. The highest BCUT2D eigenvalue weighted by Crippen LogP contribution is 2.26. The molecule has 3 saturated heterocycles. The van der Waals surface area contributed by atoms with Crippen molar-refractivity contribution in [3.05, 3.63) is 42.2 Å². The smallest absolute Gasteiger partial charge is 0.410 e. The van der Waals surface area contributed by atoms with Crippen LogP contribution >= 0.6 is 0 Å². The molecule has 0 unspecified atom stereocenters. The molecule has 1 aromatic heterocycles. The molecular weight excluding hydrogens is 514 g/mol. The van der Waals surface area contributed by atoms with Crippen molar-refractivity contribution < 1.29 is 23.9 Å². The summed E-state index contributed by atoms with van der Waals surface area (Å²) < 4.78 is 10.7. The molecule has 4 heterocycles. The second kappa shape index (κ2) is 11.3. The van der Waals surface area contributed by atoms with E-state index in [1.54, 1.807) is 36.5 Å². The van der Waals surface area contributed by atoms with Crippen molar-refractivity contribution in [1.29, 1.82) is 0 Å². The Bertz CT molecular complexity index is 1220. The zero-order chi connectivity index (χ0) is 28.4. The summed E-state index contributed by atoms with van der Waals surface area (Å²) >= 11 is 0. The third-order valence-corrected chi connectivity index (χ3v) is 7.39. The number of hydrogen-bond donors (Lipinski definition) is 0. The molecule has 214 valence electrons. The fourth-order valence-corrected chi connectivity index (χ4v) is 5.06. The largest absolute Gasteiger partial charge is 0.497 e. The lowest BCUT2D eigenvalue weighted by Gasteiger charge is -2.48. The molecule has 4 amide bonds. The fraction of sp³-hybridized carbons (Fsp3) is 0.536. The summed E-state index contributed by atoms with van der Waals surface area (Å²) in [5, 5.41) is 0. The van der Waals surface area contributed by atoms with Gasteiger partial charge in [0.05, 0.1) is 31.7 Å². The number of carbonyl (C=O) groups is 3. The Kier molecular flexibility index (Phi) is 7.79. The highest BCUT2D eigenvalue weighted by molar-refractivity contribution is 6.04. The highest BCUT2D eigenvalue weighted by Gasteiger charge is 2.37. The first-order chi connectivity index (χ1) is 19.1. The molecular formula is C28H37N7O5. The Morgan fingerprint density at radius 3 is 2.23 bits per heavy atom. The standard InChI is InChI=1S/C28H37N7O5/c1-28(2,3)40-27(38)32-13-11-31(12-14-32)22-18-33(19-22)21-15-29-25(30-16-21)34-10-9-24(36)35(26(34)37)17-20-5-7-23(39-4)8-6-20/h5-8,15-16,22H,9-14,17-19H2,1-4H3. The van der Waals surface area contributed by atoms with Crippen LogP contribution in [0.15, 0.2) is 36.7 Å². The predicted octanol–water partition coefficient (Wildman–Crippen LogP) is 2.59. The van der Waals surface area contributed by atoms with Crippen molar-refractivity contribution in [3.8, 4) is 5.75 Å². The number of hydrogen-bond acceptors (Lipinski definition) is 9. The van der Waals surface area contributed by atoms with Gasteiger partial charge in [0.15, 0.2) is 0 Å². The van der Waals surface area contributed by atoms with Gasteiger partial charge in [-0.15, -0.1) is 0 Å². The van der Waals surface area contributed by atoms with Crippen LogP contribution < -0.4 is 14.5 Å². The molecule has 0 spiro atoms.